The van der Waals surface area contributed by atoms with E-state index in [2.05, 4.69) is 28.8 Å². The van der Waals surface area contributed by atoms with Gasteiger partial charge in [0, 0.05) is 37.7 Å². The highest BCUT2D eigenvalue weighted by atomic mass is 35.5. The summed E-state index contributed by atoms with van der Waals surface area (Å²) >= 11 is 6.33. The van der Waals surface area contributed by atoms with Crippen LogP contribution in [0, 0.1) is 6.92 Å². The highest BCUT2D eigenvalue weighted by Crippen LogP contribution is 2.40. The molecule has 3 rings (SSSR count). The molecule has 0 N–H and O–H groups in total. The Kier molecular flexibility index (Phi) is 4.36. The minimum atomic E-state index is 0.539. The molecule has 0 radical (unpaired) electrons. The summed E-state index contributed by atoms with van der Waals surface area (Å²) in [5.74, 6) is 2.52. The number of hydrogen-bond acceptors (Lipinski definition) is 4. The molecule has 2 aliphatic rings. The molecule has 1 saturated heterocycles. The molecular formula is C16H25ClN4. The van der Waals surface area contributed by atoms with Crippen LogP contribution in [0.2, 0.25) is 5.15 Å². The van der Waals surface area contributed by atoms with E-state index in [0.29, 0.717) is 17.1 Å². The first kappa shape index (κ1) is 15.0. The zero-order valence-electron chi connectivity index (χ0n) is 13.3. The molecule has 2 fully saturated rings. The van der Waals surface area contributed by atoms with Crippen LogP contribution in [0.5, 0.6) is 0 Å². The summed E-state index contributed by atoms with van der Waals surface area (Å²) in [4.78, 5) is 14.1. The highest BCUT2D eigenvalue weighted by molar-refractivity contribution is 6.30. The second-order valence-corrected chi connectivity index (χ2v) is 6.73. The molecule has 1 aromatic rings. The second-order valence-electron chi connectivity index (χ2n) is 6.37. The number of nitrogens with zero attached hydrogens (tertiary/aromatic N) is 4. The SMILES string of the molecule is CCN1CCC(N(C)c2nc(C3CC3)nc(Cl)c2C)CC1. The lowest BCUT2D eigenvalue weighted by molar-refractivity contribution is 0.220. The van der Waals surface area contributed by atoms with Crippen LogP contribution in [0.25, 0.3) is 0 Å². The van der Waals surface area contributed by atoms with Gasteiger partial charge in [0.1, 0.15) is 16.8 Å². The first-order valence-electron chi connectivity index (χ1n) is 8.09. The van der Waals surface area contributed by atoms with Crippen molar-refractivity contribution >= 4 is 17.4 Å². The summed E-state index contributed by atoms with van der Waals surface area (Å²) < 4.78 is 0. The fourth-order valence-electron chi connectivity index (χ4n) is 3.16. The maximum Gasteiger partial charge on any atom is 0.137 e. The van der Waals surface area contributed by atoms with Crippen molar-refractivity contribution < 1.29 is 0 Å². The van der Waals surface area contributed by atoms with E-state index in [0.717, 1.165) is 23.8 Å². The van der Waals surface area contributed by atoms with Gasteiger partial charge < -0.3 is 9.80 Å². The van der Waals surface area contributed by atoms with Crippen molar-refractivity contribution in [2.75, 3.05) is 31.6 Å². The van der Waals surface area contributed by atoms with Gasteiger partial charge in [0.15, 0.2) is 0 Å². The standard InChI is InChI=1S/C16H25ClN4/c1-4-21-9-7-13(8-10-21)20(3)16-11(2)14(17)18-15(19-16)12-5-6-12/h12-13H,4-10H2,1-3H3. The summed E-state index contributed by atoms with van der Waals surface area (Å²) in [5.41, 5.74) is 1.02. The zero-order valence-corrected chi connectivity index (χ0v) is 14.0. The van der Waals surface area contributed by atoms with Crippen molar-refractivity contribution in [3.8, 4) is 0 Å². The van der Waals surface area contributed by atoms with Crippen molar-refractivity contribution in [1.29, 1.82) is 0 Å². The summed E-state index contributed by atoms with van der Waals surface area (Å²) in [5, 5.41) is 0.625. The van der Waals surface area contributed by atoms with Gasteiger partial charge in [0.25, 0.3) is 0 Å². The molecule has 21 heavy (non-hydrogen) atoms. The Morgan fingerprint density at radius 1 is 1.19 bits per heavy atom. The molecule has 0 spiro atoms. The topological polar surface area (TPSA) is 32.3 Å². The van der Waals surface area contributed by atoms with E-state index in [1.54, 1.807) is 0 Å². The van der Waals surface area contributed by atoms with Gasteiger partial charge in [-0.3, -0.25) is 0 Å². The van der Waals surface area contributed by atoms with Gasteiger partial charge in [-0.15, -0.1) is 0 Å². The molecule has 116 valence electrons. The Morgan fingerprint density at radius 3 is 2.43 bits per heavy atom. The van der Waals surface area contributed by atoms with Gasteiger partial charge in [-0.1, -0.05) is 18.5 Å². The summed E-state index contributed by atoms with van der Waals surface area (Å²) in [6.07, 6.45) is 4.81. The number of aromatic nitrogens is 2. The molecule has 1 aliphatic carbocycles. The number of hydrogen-bond donors (Lipinski definition) is 0. The molecule has 0 aromatic carbocycles. The number of piperidine rings is 1. The van der Waals surface area contributed by atoms with E-state index in [-0.39, 0.29) is 0 Å². The predicted molar refractivity (Wildman–Crippen MR) is 87.3 cm³/mol. The first-order chi connectivity index (χ1) is 10.1. The van der Waals surface area contributed by atoms with Crippen LogP contribution in [-0.4, -0.2) is 47.6 Å². The van der Waals surface area contributed by atoms with Gasteiger partial charge in [-0.2, -0.15) is 0 Å². The third-order valence-corrected chi connectivity index (χ3v) is 5.27. The van der Waals surface area contributed by atoms with Gasteiger partial charge in [0.05, 0.1) is 0 Å². The zero-order chi connectivity index (χ0) is 15.0. The van der Waals surface area contributed by atoms with E-state index >= 15 is 0 Å². The fraction of sp³-hybridized carbons (Fsp3) is 0.750. The first-order valence-corrected chi connectivity index (χ1v) is 8.47. The number of halogens is 1. The van der Waals surface area contributed by atoms with Crippen LogP contribution in [0.3, 0.4) is 0 Å². The second kappa shape index (κ2) is 6.09. The summed E-state index contributed by atoms with van der Waals surface area (Å²) in [6, 6.07) is 0.560. The van der Waals surface area contributed by atoms with Crippen molar-refractivity contribution in [1.82, 2.24) is 14.9 Å². The lowest BCUT2D eigenvalue weighted by Crippen LogP contribution is -2.43. The van der Waals surface area contributed by atoms with Gasteiger partial charge >= 0.3 is 0 Å². The van der Waals surface area contributed by atoms with Crippen molar-refractivity contribution in [2.24, 2.45) is 0 Å². The van der Waals surface area contributed by atoms with Crippen LogP contribution in [0.15, 0.2) is 0 Å². The molecule has 0 bridgehead atoms. The smallest absolute Gasteiger partial charge is 0.137 e. The maximum absolute atomic E-state index is 6.33. The molecule has 2 heterocycles. The third kappa shape index (κ3) is 3.16. The molecule has 0 unspecified atom stereocenters. The summed E-state index contributed by atoms with van der Waals surface area (Å²) in [7, 11) is 2.16. The minimum absolute atomic E-state index is 0.539. The molecule has 4 nitrogen and oxygen atoms in total. The van der Waals surface area contributed by atoms with Crippen molar-refractivity contribution in [3.63, 3.8) is 0 Å². The Bertz CT molecular complexity index is 507. The third-order valence-electron chi connectivity index (χ3n) is 4.91. The Hall–Kier alpha value is -0.870. The van der Waals surface area contributed by atoms with Gasteiger partial charge in [0.2, 0.25) is 0 Å². The van der Waals surface area contributed by atoms with Crippen LogP contribution >= 0.6 is 11.6 Å². The quantitative estimate of drug-likeness (QED) is 0.799. The monoisotopic (exact) mass is 308 g/mol. The van der Waals surface area contributed by atoms with Crippen molar-refractivity contribution in [2.45, 2.75) is 51.5 Å². The molecule has 0 atom stereocenters. The van der Waals surface area contributed by atoms with Crippen LogP contribution in [0.1, 0.15) is 49.9 Å². The molecule has 5 heteroatoms. The fourth-order valence-corrected chi connectivity index (χ4v) is 3.33. The van der Waals surface area contributed by atoms with Crippen LogP contribution < -0.4 is 4.90 Å². The normalized spacial score (nSPS) is 20.8. The van der Waals surface area contributed by atoms with E-state index in [9.17, 15) is 0 Å². The average Bonchev–Trinajstić information content (AvgIpc) is 3.34. The predicted octanol–water partition coefficient (Wildman–Crippen LogP) is 3.24. The molecule has 1 aliphatic heterocycles. The molecule has 1 saturated carbocycles. The number of rotatable bonds is 4. The molecular weight excluding hydrogens is 284 g/mol. The molecule has 1 aromatic heterocycles. The van der Waals surface area contributed by atoms with E-state index in [1.807, 2.05) is 6.92 Å². The average molecular weight is 309 g/mol. The Balaban J connectivity index is 1.79. The van der Waals surface area contributed by atoms with Crippen LogP contribution in [-0.2, 0) is 0 Å². The van der Waals surface area contributed by atoms with E-state index < -0.39 is 0 Å². The van der Waals surface area contributed by atoms with E-state index in [4.69, 9.17) is 16.6 Å². The Labute approximate surface area is 132 Å². The van der Waals surface area contributed by atoms with Crippen LogP contribution in [0.4, 0.5) is 5.82 Å². The lowest BCUT2D eigenvalue weighted by Gasteiger charge is -2.37. The summed E-state index contributed by atoms with van der Waals surface area (Å²) in [6.45, 7) is 7.78. The Morgan fingerprint density at radius 2 is 1.86 bits per heavy atom. The minimum Gasteiger partial charge on any atom is -0.356 e. The highest BCUT2D eigenvalue weighted by Gasteiger charge is 2.30. The van der Waals surface area contributed by atoms with Crippen molar-refractivity contribution in [3.05, 3.63) is 16.5 Å². The van der Waals surface area contributed by atoms with Gasteiger partial charge in [-0.25, -0.2) is 9.97 Å². The number of likely N-dealkylation sites (tertiary alicyclic amines) is 1. The lowest BCUT2D eigenvalue weighted by atomic mass is 10.0. The van der Waals surface area contributed by atoms with Gasteiger partial charge in [-0.05, 0) is 39.2 Å². The molecule has 0 amide bonds. The maximum atomic E-state index is 6.33. The number of anilines is 1. The largest absolute Gasteiger partial charge is 0.356 e. The van der Waals surface area contributed by atoms with E-state index in [1.165, 1.54) is 38.8 Å².